The Morgan fingerprint density at radius 1 is 0.806 bits per heavy atom. The number of carbonyl (C=O) groups is 2. The van der Waals surface area contributed by atoms with Crippen molar-refractivity contribution in [1.82, 2.24) is 0 Å². The van der Waals surface area contributed by atoms with E-state index < -0.39 is 17.6 Å². The Hall–Kier alpha value is -3.15. The highest BCUT2D eigenvalue weighted by Gasteiger charge is 2.41. The summed E-state index contributed by atoms with van der Waals surface area (Å²) in [5.41, 5.74) is 2.96. The van der Waals surface area contributed by atoms with Gasteiger partial charge in [-0.15, -0.1) is 0 Å². The van der Waals surface area contributed by atoms with Crippen LogP contribution in [0.3, 0.4) is 0 Å². The van der Waals surface area contributed by atoms with Crippen molar-refractivity contribution in [2.45, 2.75) is 13.8 Å². The van der Waals surface area contributed by atoms with Crippen molar-refractivity contribution in [1.29, 1.82) is 0 Å². The van der Waals surface area contributed by atoms with Crippen molar-refractivity contribution in [2.75, 3.05) is 10.2 Å². The molecule has 0 radical (unpaired) electrons. The van der Waals surface area contributed by atoms with Crippen molar-refractivity contribution in [3.05, 3.63) is 98.9 Å². The normalized spacial score (nSPS) is 13.9. The lowest BCUT2D eigenvalue weighted by Crippen LogP contribution is -2.33. The minimum atomic E-state index is -0.533. The van der Waals surface area contributed by atoms with Crippen molar-refractivity contribution >= 4 is 52.0 Å². The molecule has 0 aromatic heterocycles. The highest BCUT2D eigenvalue weighted by Crippen LogP contribution is 2.37. The fraction of sp³-hybridized carbons (Fsp3) is 0.0833. The first-order valence-electron chi connectivity index (χ1n) is 9.46. The number of hydrogen-bond acceptors (Lipinski definition) is 3. The van der Waals surface area contributed by atoms with Crippen LogP contribution in [0.1, 0.15) is 16.7 Å². The SMILES string of the molecule is Cc1c(Cl)cccc1NC1=C(c2ccc(F)cc2)C(=O)N(c2cccc(Cl)c2C)C1=O. The molecular formula is C24H17Cl2FN2O2. The molecule has 7 heteroatoms. The van der Waals surface area contributed by atoms with E-state index in [4.69, 9.17) is 23.2 Å². The molecule has 1 N–H and O–H groups in total. The maximum absolute atomic E-state index is 13.5. The molecule has 3 aromatic carbocycles. The first-order valence-corrected chi connectivity index (χ1v) is 10.2. The van der Waals surface area contributed by atoms with Gasteiger partial charge in [-0.2, -0.15) is 0 Å². The number of benzene rings is 3. The van der Waals surface area contributed by atoms with Gasteiger partial charge < -0.3 is 5.32 Å². The summed E-state index contributed by atoms with van der Waals surface area (Å²) in [5.74, 6) is -1.50. The standard InChI is InChI=1S/C24H17Cl2FN2O2/c1-13-17(25)5-3-7-19(13)28-22-21(15-9-11-16(27)12-10-15)23(30)29(24(22)31)20-8-4-6-18(26)14(20)2/h3-12,28H,1-2H3. The summed E-state index contributed by atoms with van der Waals surface area (Å²) in [5, 5.41) is 4.04. The molecule has 0 fully saturated rings. The highest BCUT2D eigenvalue weighted by molar-refractivity contribution is 6.46. The molecule has 4 nitrogen and oxygen atoms in total. The van der Waals surface area contributed by atoms with Gasteiger partial charge in [0.1, 0.15) is 11.5 Å². The Kier molecular flexibility index (Phi) is 5.56. The molecule has 0 bridgehead atoms. The molecule has 156 valence electrons. The first kappa shape index (κ1) is 21.1. The number of nitrogens with zero attached hydrogens (tertiary/aromatic N) is 1. The Bertz CT molecular complexity index is 1250. The zero-order valence-electron chi connectivity index (χ0n) is 16.7. The van der Waals surface area contributed by atoms with Crippen LogP contribution in [0.15, 0.2) is 66.4 Å². The Balaban J connectivity index is 1.88. The Morgan fingerprint density at radius 2 is 1.42 bits per heavy atom. The van der Waals surface area contributed by atoms with Gasteiger partial charge in [0.05, 0.1) is 11.3 Å². The summed E-state index contributed by atoms with van der Waals surface area (Å²) in [6.45, 7) is 3.55. The molecule has 31 heavy (non-hydrogen) atoms. The topological polar surface area (TPSA) is 49.4 Å². The molecule has 1 aliphatic heterocycles. The van der Waals surface area contributed by atoms with Gasteiger partial charge in [-0.05, 0) is 66.9 Å². The van der Waals surface area contributed by atoms with Gasteiger partial charge in [0, 0.05) is 15.7 Å². The van der Waals surface area contributed by atoms with E-state index in [0.29, 0.717) is 32.5 Å². The summed E-state index contributed by atoms with van der Waals surface area (Å²) in [7, 11) is 0. The van der Waals surface area contributed by atoms with E-state index >= 15 is 0 Å². The lowest BCUT2D eigenvalue weighted by Gasteiger charge is -2.18. The summed E-state index contributed by atoms with van der Waals surface area (Å²) < 4.78 is 13.5. The Morgan fingerprint density at radius 3 is 2.10 bits per heavy atom. The number of imide groups is 1. The maximum Gasteiger partial charge on any atom is 0.282 e. The van der Waals surface area contributed by atoms with Crippen molar-refractivity contribution in [3.63, 3.8) is 0 Å². The van der Waals surface area contributed by atoms with Gasteiger partial charge in [0.2, 0.25) is 0 Å². The summed E-state index contributed by atoms with van der Waals surface area (Å²) in [6.07, 6.45) is 0. The lowest BCUT2D eigenvalue weighted by molar-refractivity contribution is -0.120. The average molecular weight is 455 g/mol. The Labute approximate surface area is 188 Å². The fourth-order valence-corrected chi connectivity index (χ4v) is 3.81. The van der Waals surface area contributed by atoms with Gasteiger partial charge in [-0.3, -0.25) is 9.59 Å². The zero-order chi connectivity index (χ0) is 22.3. The highest BCUT2D eigenvalue weighted by atomic mass is 35.5. The van der Waals surface area contributed by atoms with Gasteiger partial charge >= 0.3 is 0 Å². The van der Waals surface area contributed by atoms with Crippen LogP contribution >= 0.6 is 23.2 Å². The zero-order valence-corrected chi connectivity index (χ0v) is 18.2. The van der Waals surface area contributed by atoms with Crippen molar-refractivity contribution in [3.8, 4) is 0 Å². The number of anilines is 2. The smallest absolute Gasteiger partial charge is 0.282 e. The van der Waals surface area contributed by atoms with Gasteiger partial charge in [0.25, 0.3) is 11.8 Å². The molecule has 0 saturated heterocycles. The predicted octanol–water partition coefficient (Wildman–Crippen LogP) is 6.15. The number of carbonyl (C=O) groups excluding carboxylic acids is 2. The predicted molar refractivity (Wildman–Crippen MR) is 122 cm³/mol. The molecule has 0 atom stereocenters. The van der Waals surface area contributed by atoms with Gasteiger partial charge in [0.15, 0.2) is 0 Å². The third kappa shape index (κ3) is 3.71. The minimum Gasteiger partial charge on any atom is -0.350 e. The molecule has 0 saturated carbocycles. The van der Waals surface area contributed by atoms with E-state index in [-0.39, 0.29) is 11.3 Å². The van der Waals surface area contributed by atoms with E-state index in [1.165, 1.54) is 24.3 Å². The molecule has 1 aliphatic rings. The number of nitrogens with one attached hydrogen (secondary N) is 1. The number of halogens is 3. The fourth-order valence-electron chi connectivity index (χ4n) is 3.46. The van der Waals surface area contributed by atoms with Crippen molar-refractivity contribution in [2.24, 2.45) is 0 Å². The molecule has 3 aromatic rings. The second-order valence-corrected chi connectivity index (χ2v) is 7.94. The van der Waals surface area contributed by atoms with Crippen LogP contribution in [0, 0.1) is 19.7 Å². The molecular weight excluding hydrogens is 438 g/mol. The van der Waals surface area contributed by atoms with Crippen molar-refractivity contribution < 1.29 is 14.0 Å². The van der Waals surface area contributed by atoms with E-state index in [1.54, 1.807) is 43.3 Å². The van der Waals surface area contributed by atoms with Crippen LogP contribution < -0.4 is 10.2 Å². The molecule has 1 heterocycles. The van der Waals surface area contributed by atoms with E-state index in [1.807, 2.05) is 6.92 Å². The van der Waals surface area contributed by atoms with E-state index in [9.17, 15) is 14.0 Å². The van der Waals surface area contributed by atoms with Crippen LogP contribution in [0.5, 0.6) is 0 Å². The average Bonchev–Trinajstić information content (AvgIpc) is 2.98. The third-order valence-electron chi connectivity index (χ3n) is 5.22. The third-order valence-corrected chi connectivity index (χ3v) is 6.04. The number of amides is 2. The monoisotopic (exact) mass is 454 g/mol. The second-order valence-electron chi connectivity index (χ2n) is 7.12. The minimum absolute atomic E-state index is 0.0846. The van der Waals surface area contributed by atoms with E-state index in [2.05, 4.69) is 5.32 Å². The quantitative estimate of drug-likeness (QED) is 0.481. The van der Waals surface area contributed by atoms with E-state index in [0.717, 1.165) is 10.5 Å². The summed E-state index contributed by atoms with van der Waals surface area (Å²) >= 11 is 12.5. The van der Waals surface area contributed by atoms with Crippen LogP contribution in [0.2, 0.25) is 10.0 Å². The molecule has 0 unspecified atom stereocenters. The summed E-state index contributed by atoms with van der Waals surface area (Å²) in [6, 6.07) is 15.7. The molecule has 2 amide bonds. The van der Waals surface area contributed by atoms with Crippen LogP contribution in [-0.2, 0) is 9.59 Å². The molecule has 0 aliphatic carbocycles. The number of rotatable bonds is 4. The largest absolute Gasteiger partial charge is 0.350 e. The van der Waals surface area contributed by atoms with Crippen LogP contribution in [0.25, 0.3) is 5.57 Å². The second kappa shape index (κ2) is 8.17. The molecule has 4 rings (SSSR count). The van der Waals surface area contributed by atoms with Gasteiger partial charge in [-0.1, -0.05) is 47.5 Å². The van der Waals surface area contributed by atoms with Crippen LogP contribution in [-0.4, -0.2) is 11.8 Å². The first-order chi connectivity index (χ1) is 14.8. The maximum atomic E-state index is 13.5. The number of hydrogen-bond donors (Lipinski definition) is 1. The molecule has 0 spiro atoms. The van der Waals surface area contributed by atoms with Crippen LogP contribution in [0.4, 0.5) is 15.8 Å². The lowest BCUT2D eigenvalue weighted by atomic mass is 10.0. The summed E-state index contributed by atoms with van der Waals surface area (Å²) in [4.78, 5) is 28.0. The van der Waals surface area contributed by atoms with Gasteiger partial charge in [-0.25, -0.2) is 9.29 Å².